The third-order valence-corrected chi connectivity index (χ3v) is 5.37. The Labute approximate surface area is 148 Å². The van der Waals surface area contributed by atoms with Gasteiger partial charge in [-0.15, -0.1) is 11.3 Å². The standard InChI is InChI=1S/C16H19N5O3S/c1-9-8-25-15(18-9)11-4-3-5-21(11)16(24)10-6-12(14(23)19-17)20(2)13(22)7-10/h6-8,11H,3-5,17H2,1-2H3,(H,19,23)/t11-/m1/s1. The first-order chi connectivity index (χ1) is 11.9. The van der Waals surface area contributed by atoms with E-state index in [-0.39, 0.29) is 23.2 Å². The summed E-state index contributed by atoms with van der Waals surface area (Å²) in [5.41, 5.74) is 2.70. The van der Waals surface area contributed by atoms with Crippen LogP contribution in [-0.4, -0.2) is 32.8 Å². The maximum absolute atomic E-state index is 13.0. The number of aromatic nitrogens is 2. The molecule has 0 aromatic carbocycles. The van der Waals surface area contributed by atoms with Crippen LogP contribution in [0.15, 0.2) is 22.3 Å². The van der Waals surface area contributed by atoms with Crippen molar-refractivity contribution in [3.05, 3.63) is 49.8 Å². The molecule has 1 aliphatic heterocycles. The predicted molar refractivity (Wildman–Crippen MR) is 93.2 cm³/mol. The van der Waals surface area contributed by atoms with Crippen LogP contribution in [0.2, 0.25) is 0 Å². The zero-order valence-corrected chi connectivity index (χ0v) is 14.8. The number of hydrogen-bond acceptors (Lipinski definition) is 6. The van der Waals surface area contributed by atoms with E-state index in [1.807, 2.05) is 17.7 Å². The molecule has 0 unspecified atom stereocenters. The van der Waals surface area contributed by atoms with E-state index in [0.717, 1.165) is 28.1 Å². The molecule has 0 radical (unpaired) electrons. The lowest BCUT2D eigenvalue weighted by Gasteiger charge is -2.23. The Bertz CT molecular complexity index is 888. The molecular weight excluding hydrogens is 342 g/mol. The molecule has 1 aliphatic rings. The van der Waals surface area contributed by atoms with E-state index in [4.69, 9.17) is 5.84 Å². The summed E-state index contributed by atoms with van der Waals surface area (Å²) in [4.78, 5) is 43.1. The first-order valence-corrected chi connectivity index (χ1v) is 8.75. The molecule has 0 saturated carbocycles. The normalized spacial score (nSPS) is 16.9. The van der Waals surface area contributed by atoms with E-state index in [1.165, 1.54) is 30.5 Å². The molecule has 0 spiro atoms. The Balaban J connectivity index is 1.96. The van der Waals surface area contributed by atoms with Gasteiger partial charge in [-0.25, -0.2) is 10.8 Å². The van der Waals surface area contributed by atoms with Crippen molar-refractivity contribution >= 4 is 23.2 Å². The largest absolute Gasteiger partial charge is 0.329 e. The van der Waals surface area contributed by atoms with Gasteiger partial charge in [-0.05, 0) is 25.8 Å². The number of carbonyl (C=O) groups excluding carboxylic acids is 2. The summed E-state index contributed by atoms with van der Waals surface area (Å²) in [5.74, 6) is 4.25. The van der Waals surface area contributed by atoms with Crippen molar-refractivity contribution in [3.63, 3.8) is 0 Å². The van der Waals surface area contributed by atoms with Crippen LogP contribution in [0, 0.1) is 6.92 Å². The molecule has 2 amide bonds. The number of aryl methyl sites for hydroxylation is 1. The lowest BCUT2D eigenvalue weighted by atomic mass is 10.1. The number of rotatable bonds is 3. The van der Waals surface area contributed by atoms with Gasteiger partial charge in [0, 0.05) is 36.3 Å². The molecule has 2 aromatic heterocycles. The molecule has 2 aromatic rings. The molecule has 1 fully saturated rings. The van der Waals surface area contributed by atoms with Gasteiger partial charge in [0.15, 0.2) is 0 Å². The minimum Gasteiger partial charge on any atom is -0.329 e. The summed E-state index contributed by atoms with van der Waals surface area (Å²) in [6, 6.07) is 2.55. The predicted octanol–water partition coefficient (Wildman–Crippen LogP) is 0.731. The number of likely N-dealkylation sites (tertiary alicyclic amines) is 1. The monoisotopic (exact) mass is 361 g/mol. The third kappa shape index (κ3) is 3.20. The number of pyridine rings is 1. The van der Waals surface area contributed by atoms with E-state index in [1.54, 1.807) is 4.90 Å². The zero-order valence-electron chi connectivity index (χ0n) is 14.0. The Morgan fingerprint density at radius 2 is 2.16 bits per heavy atom. The van der Waals surface area contributed by atoms with Gasteiger partial charge in [-0.2, -0.15) is 0 Å². The Morgan fingerprint density at radius 3 is 2.80 bits per heavy atom. The number of hydrogen-bond donors (Lipinski definition) is 2. The van der Waals surface area contributed by atoms with Crippen LogP contribution >= 0.6 is 11.3 Å². The third-order valence-electron chi connectivity index (χ3n) is 4.31. The van der Waals surface area contributed by atoms with Crippen LogP contribution in [-0.2, 0) is 7.05 Å². The highest BCUT2D eigenvalue weighted by molar-refractivity contribution is 7.09. The number of nitrogens with zero attached hydrogens (tertiary/aromatic N) is 3. The first-order valence-electron chi connectivity index (χ1n) is 7.87. The maximum Gasteiger partial charge on any atom is 0.281 e. The number of amides is 2. The minimum absolute atomic E-state index is 0.0409. The highest BCUT2D eigenvalue weighted by Crippen LogP contribution is 2.34. The molecule has 0 aliphatic carbocycles. The molecule has 0 bridgehead atoms. The summed E-state index contributed by atoms with van der Waals surface area (Å²) in [5, 5.41) is 2.85. The fourth-order valence-corrected chi connectivity index (χ4v) is 3.95. The van der Waals surface area contributed by atoms with Gasteiger partial charge in [-0.1, -0.05) is 0 Å². The maximum atomic E-state index is 13.0. The molecule has 3 heterocycles. The smallest absolute Gasteiger partial charge is 0.281 e. The second kappa shape index (κ2) is 6.77. The molecule has 1 atom stereocenters. The summed E-state index contributed by atoms with van der Waals surface area (Å²) >= 11 is 1.53. The van der Waals surface area contributed by atoms with Crippen LogP contribution in [0.1, 0.15) is 50.4 Å². The van der Waals surface area contributed by atoms with Gasteiger partial charge in [0.1, 0.15) is 10.7 Å². The van der Waals surface area contributed by atoms with Crippen molar-refractivity contribution in [2.24, 2.45) is 12.9 Å². The van der Waals surface area contributed by atoms with Gasteiger partial charge in [0.2, 0.25) is 0 Å². The van der Waals surface area contributed by atoms with Gasteiger partial charge in [0.25, 0.3) is 17.4 Å². The SMILES string of the molecule is Cc1csc([C@H]2CCCN2C(=O)c2cc(C(=O)NN)n(C)c(=O)c2)n1. The highest BCUT2D eigenvalue weighted by atomic mass is 32.1. The zero-order chi connectivity index (χ0) is 18.1. The number of hydrazine groups is 1. The number of nitrogens with two attached hydrogens (primary N) is 1. The first kappa shape index (κ1) is 17.3. The van der Waals surface area contributed by atoms with Crippen molar-refractivity contribution in [2.45, 2.75) is 25.8 Å². The van der Waals surface area contributed by atoms with Gasteiger partial charge >= 0.3 is 0 Å². The van der Waals surface area contributed by atoms with Gasteiger partial charge in [-0.3, -0.25) is 19.8 Å². The molecule has 25 heavy (non-hydrogen) atoms. The average Bonchev–Trinajstić information content (AvgIpc) is 3.24. The molecule has 3 rings (SSSR count). The van der Waals surface area contributed by atoms with Crippen molar-refractivity contribution in [3.8, 4) is 0 Å². The highest BCUT2D eigenvalue weighted by Gasteiger charge is 2.33. The van der Waals surface area contributed by atoms with Crippen molar-refractivity contribution in [1.29, 1.82) is 0 Å². The van der Waals surface area contributed by atoms with Crippen molar-refractivity contribution < 1.29 is 9.59 Å². The second-order valence-electron chi connectivity index (χ2n) is 5.98. The Morgan fingerprint density at radius 1 is 1.40 bits per heavy atom. The Hall–Kier alpha value is -2.52. The quantitative estimate of drug-likeness (QED) is 0.476. The van der Waals surface area contributed by atoms with E-state index in [9.17, 15) is 14.4 Å². The van der Waals surface area contributed by atoms with Crippen molar-refractivity contribution in [2.75, 3.05) is 6.54 Å². The lowest BCUT2D eigenvalue weighted by molar-refractivity contribution is 0.0735. The van der Waals surface area contributed by atoms with E-state index in [2.05, 4.69) is 4.98 Å². The second-order valence-corrected chi connectivity index (χ2v) is 6.87. The molecule has 8 nitrogen and oxygen atoms in total. The Kier molecular flexibility index (Phi) is 4.69. The minimum atomic E-state index is -0.622. The molecular formula is C16H19N5O3S. The van der Waals surface area contributed by atoms with E-state index < -0.39 is 11.5 Å². The summed E-state index contributed by atoms with van der Waals surface area (Å²) in [7, 11) is 1.46. The van der Waals surface area contributed by atoms with E-state index >= 15 is 0 Å². The number of nitrogen functional groups attached to an aromatic ring is 1. The van der Waals surface area contributed by atoms with Crippen LogP contribution in [0.4, 0.5) is 0 Å². The summed E-state index contributed by atoms with van der Waals surface area (Å²) < 4.78 is 1.16. The molecule has 3 N–H and O–H groups in total. The fourth-order valence-electron chi connectivity index (χ4n) is 3.01. The average molecular weight is 361 g/mol. The van der Waals surface area contributed by atoms with Gasteiger partial charge in [0.05, 0.1) is 6.04 Å². The number of carbonyl (C=O) groups is 2. The van der Waals surface area contributed by atoms with Gasteiger partial charge < -0.3 is 9.47 Å². The molecule has 1 saturated heterocycles. The van der Waals surface area contributed by atoms with Crippen molar-refractivity contribution in [1.82, 2.24) is 19.9 Å². The van der Waals surface area contributed by atoms with Crippen LogP contribution < -0.4 is 16.8 Å². The lowest BCUT2D eigenvalue weighted by Crippen LogP contribution is -2.37. The number of nitrogens with one attached hydrogen (secondary N) is 1. The van der Waals surface area contributed by atoms with E-state index in [0.29, 0.717) is 6.54 Å². The molecule has 132 valence electrons. The number of thiazole rings is 1. The van der Waals surface area contributed by atoms with Crippen LogP contribution in [0.25, 0.3) is 0 Å². The summed E-state index contributed by atoms with van der Waals surface area (Å²) in [6.07, 6.45) is 1.70. The van der Waals surface area contributed by atoms with Crippen LogP contribution in [0.3, 0.4) is 0 Å². The fraction of sp³-hybridized carbons (Fsp3) is 0.375. The topological polar surface area (TPSA) is 110 Å². The molecule has 9 heteroatoms. The summed E-state index contributed by atoms with van der Waals surface area (Å²) in [6.45, 7) is 2.51. The van der Waals surface area contributed by atoms with Crippen LogP contribution in [0.5, 0.6) is 0 Å².